The second-order valence-corrected chi connectivity index (χ2v) is 10.7. The van der Waals surface area contributed by atoms with Gasteiger partial charge in [-0.05, 0) is 43.2 Å². The number of nitrogens with one attached hydrogen (secondary N) is 1. The molecule has 1 aliphatic rings. The largest absolute Gasteiger partial charge is 0.311 e. The van der Waals surface area contributed by atoms with E-state index in [0.29, 0.717) is 0 Å². The van der Waals surface area contributed by atoms with E-state index in [1.54, 1.807) is 0 Å². The van der Waals surface area contributed by atoms with Crippen LogP contribution < -0.4 is 21.2 Å². The van der Waals surface area contributed by atoms with Gasteiger partial charge in [-0.3, -0.25) is 0 Å². The lowest BCUT2D eigenvalue weighted by molar-refractivity contribution is 0.193. The maximum absolute atomic E-state index is 3.60. The van der Waals surface area contributed by atoms with Gasteiger partial charge in [0.25, 0.3) is 0 Å². The van der Waals surface area contributed by atoms with Gasteiger partial charge in [0.2, 0.25) is 0 Å². The van der Waals surface area contributed by atoms with Crippen LogP contribution in [0.4, 0.5) is 0 Å². The summed E-state index contributed by atoms with van der Waals surface area (Å²) in [7, 11) is -0.446. The smallest absolute Gasteiger partial charge is 0.0195 e. The molecule has 0 aromatic heterocycles. The Morgan fingerprint density at radius 3 is 1.69 bits per heavy atom. The Bertz CT molecular complexity index is 758. The molecule has 0 unspecified atom stereocenters. The highest BCUT2D eigenvalue weighted by Gasteiger charge is 2.17. The molecule has 32 heavy (non-hydrogen) atoms. The molecular weight excluding hydrogens is 407 g/mol. The summed E-state index contributed by atoms with van der Waals surface area (Å²) in [6, 6.07) is 33.1. The van der Waals surface area contributed by atoms with Crippen LogP contribution in [0, 0.1) is 0 Å². The van der Waals surface area contributed by atoms with Crippen molar-refractivity contribution in [2.75, 3.05) is 26.2 Å². The fraction of sp³-hybridized carbons (Fsp3) is 0.379. The van der Waals surface area contributed by atoms with E-state index in [1.807, 2.05) is 0 Å². The van der Waals surface area contributed by atoms with Crippen molar-refractivity contribution in [2.24, 2.45) is 0 Å². The first kappa shape index (κ1) is 24.6. The second kappa shape index (κ2) is 14.2. The van der Waals surface area contributed by atoms with Crippen molar-refractivity contribution in [3.05, 3.63) is 91.0 Å². The zero-order chi connectivity index (χ0) is 22.4. The van der Waals surface area contributed by atoms with Gasteiger partial charge in [0.1, 0.15) is 0 Å². The van der Waals surface area contributed by atoms with E-state index >= 15 is 0 Å². The van der Waals surface area contributed by atoms with Crippen LogP contribution in [0.15, 0.2) is 91.0 Å². The molecule has 3 aromatic rings. The Morgan fingerprint density at radius 1 is 0.750 bits per heavy atom. The van der Waals surface area contributed by atoms with Gasteiger partial charge in [-0.1, -0.05) is 118 Å². The van der Waals surface area contributed by atoms with Crippen LogP contribution in [0.1, 0.15) is 39.5 Å². The van der Waals surface area contributed by atoms with Crippen molar-refractivity contribution < 1.29 is 0 Å². The molecule has 1 saturated heterocycles. The van der Waals surface area contributed by atoms with Crippen molar-refractivity contribution in [3.63, 3.8) is 0 Å². The Morgan fingerprint density at radius 2 is 1.25 bits per heavy atom. The summed E-state index contributed by atoms with van der Waals surface area (Å²) in [4.78, 5) is 2.59. The minimum absolute atomic E-state index is 0.446. The Kier molecular flexibility index (Phi) is 11.0. The van der Waals surface area contributed by atoms with Crippen LogP contribution >= 0.6 is 7.92 Å². The molecule has 4 rings (SSSR count). The molecule has 2 nitrogen and oxygen atoms in total. The third-order valence-corrected chi connectivity index (χ3v) is 8.27. The van der Waals surface area contributed by atoms with Crippen molar-refractivity contribution in [3.8, 4) is 0 Å². The molecule has 1 aliphatic heterocycles. The van der Waals surface area contributed by atoms with Gasteiger partial charge in [-0.25, -0.2) is 0 Å². The predicted molar refractivity (Wildman–Crippen MR) is 143 cm³/mol. The molecule has 0 bridgehead atoms. The highest BCUT2D eigenvalue weighted by molar-refractivity contribution is 7.79. The fourth-order valence-corrected chi connectivity index (χ4v) is 6.54. The molecule has 3 heteroatoms. The molecule has 170 valence electrons. The van der Waals surface area contributed by atoms with Crippen LogP contribution in [-0.4, -0.2) is 37.1 Å². The first-order valence-corrected chi connectivity index (χ1v) is 13.6. The highest BCUT2D eigenvalue weighted by Crippen LogP contribution is 2.32. The quantitative estimate of drug-likeness (QED) is 0.472. The standard InChI is InChI=1S/C18H15P.C11H24N2/c1-4-10-16(11-5-1)19(17-12-6-2-7-13-17)18-14-8-3-9-15-18;1-3-5-6-11-10-13(8-4-2)9-7-12-11/h1-15H;11-12H,3-10H2,1-2H3/t;11-/m.0/s1. The summed E-state index contributed by atoms with van der Waals surface area (Å²) in [5.74, 6) is 0. The van der Waals surface area contributed by atoms with E-state index in [1.165, 1.54) is 67.8 Å². The molecule has 1 heterocycles. The molecule has 1 N–H and O–H groups in total. The number of hydrogen-bond acceptors (Lipinski definition) is 2. The molecule has 0 saturated carbocycles. The van der Waals surface area contributed by atoms with Gasteiger partial charge in [0.15, 0.2) is 0 Å². The third-order valence-electron chi connectivity index (χ3n) is 5.83. The summed E-state index contributed by atoms with van der Waals surface area (Å²) < 4.78 is 0. The maximum atomic E-state index is 3.60. The molecule has 0 spiro atoms. The van der Waals surface area contributed by atoms with Gasteiger partial charge in [-0.15, -0.1) is 0 Å². The van der Waals surface area contributed by atoms with Crippen molar-refractivity contribution in [1.29, 1.82) is 0 Å². The van der Waals surface area contributed by atoms with Gasteiger partial charge in [-0.2, -0.15) is 0 Å². The van der Waals surface area contributed by atoms with Gasteiger partial charge >= 0.3 is 0 Å². The number of unbranched alkanes of at least 4 members (excludes halogenated alkanes) is 1. The summed E-state index contributed by atoms with van der Waals surface area (Å²) in [5, 5.41) is 7.79. The lowest BCUT2D eigenvalue weighted by atomic mass is 10.1. The number of nitrogens with zero attached hydrogens (tertiary/aromatic N) is 1. The van der Waals surface area contributed by atoms with E-state index in [4.69, 9.17) is 0 Å². The molecule has 1 atom stereocenters. The summed E-state index contributed by atoms with van der Waals surface area (Å²) in [6.45, 7) is 9.53. The Balaban J connectivity index is 0.000000195. The minimum atomic E-state index is -0.446. The average molecular weight is 447 g/mol. The highest BCUT2D eigenvalue weighted by atomic mass is 31.1. The van der Waals surface area contributed by atoms with Crippen molar-refractivity contribution in [2.45, 2.75) is 45.6 Å². The lowest BCUT2D eigenvalue weighted by Crippen LogP contribution is -2.50. The zero-order valence-corrected chi connectivity index (χ0v) is 20.7. The summed E-state index contributed by atoms with van der Waals surface area (Å²) in [5.41, 5.74) is 0. The first-order chi connectivity index (χ1) is 15.8. The minimum Gasteiger partial charge on any atom is -0.311 e. The van der Waals surface area contributed by atoms with E-state index in [9.17, 15) is 0 Å². The third kappa shape index (κ3) is 7.85. The molecule has 1 fully saturated rings. The fourth-order valence-electron chi connectivity index (χ4n) is 4.24. The molecule has 3 aromatic carbocycles. The van der Waals surface area contributed by atoms with E-state index in [0.717, 1.165) is 6.04 Å². The Hall–Kier alpha value is -1.99. The monoisotopic (exact) mass is 446 g/mol. The van der Waals surface area contributed by atoms with Gasteiger partial charge in [0, 0.05) is 25.7 Å². The number of hydrogen-bond donors (Lipinski definition) is 1. The van der Waals surface area contributed by atoms with Crippen LogP contribution in [0.3, 0.4) is 0 Å². The molecule has 0 radical (unpaired) electrons. The number of benzene rings is 3. The zero-order valence-electron chi connectivity index (χ0n) is 19.8. The topological polar surface area (TPSA) is 15.3 Å². The Labute approximate surface area is 196 Å². The molecular formula is C29H39N2P. The maximum Gasteiger partial charge on any atom is 0.0195 e. The van der Waals surface area contributed by atoms with Crippen molar-refractivity contribution >= 4 is 23.8 Å². The molecule has 0 amide bonds. The van der Waals surface area contributed by atoms with Gasteiger partial charge < -0.3 is 10.2 Å². The van der Waals surface area contributed by atoms with Crippen molar-refractivity contribution in [1.82, 2.24) is 10.2 Å². The normalized spacial score (nSPS) is 16.4. The van der Waals surface area contributed by atoms with E-state index in [-0.39, 0.29) is 0 Å². The molecule has 0 aliphatic carbocycles. The van der Waals surface area contributed by atoms with Crippen LogP contribution in [-0.2, 0) is 0 Å². The summed E-state index contributed by atoms with van der Waals surface area (Å²) >= 11 is 0. The average Bonchev–Trinajstić information content (AvgIpc) is 2.86. The van der Waals surface area contributed by atoms with Gasteiger partial charge in [0.05, 0.1) is 0 Å². The SMILES string of the molecule is CCCC[C@H]1CN(CCC)CCN1.c1ccc(P(c2ccccc2)c2ccccc2)cc1. The van der Waals surface area contributed by atoms with Crippen LogP contribution in [0.25, 0.3) is 0 Å². The predicted octanol–water partition coefficient (Wildman–Crippen LogP) is 5.31. The second-order valence-electron chi connectivity index (χ2n) is 8.44. The first-order valence-electron chi connectivity index (χ1n) is 12.2. The van der Waals surface area contributed by atoms with Crippen LogP contribution in [0.2, 0.25) is 0 Å². The number of piperazine rings is 1. The van der Waals surface area contributed by atoms with Crippen LogP contribution in [0.5, 0.6) is 0 Å². The summed E-state index contributed by atoms with van der Waals surface area (Å²) in [6.07, 6.45) is 5.35. The lowest BCUT2D eigenvalue weighted by Gasteiger charge is -2.33. The van der Waals surface area contributed by atoms with E-state index < -0.39 is 7.92 Å². The number of rotatable bonds is 8. The van der Waals surface area contributed by atoms with E-state index in [2.05, 4.69) is 115 Å².